The molecule has 0 aromatic heterocycles. The minimum atomic E-state index is -6.19. The van der Waals surface area contributed by atoms with Gasteiger partial charge in [-0.05, 0) is 0 Å². The lowest BCUT2D eigenvalue weighted by atomic mass is 10.7. The van der Waals surface area contributed by atoms with Crippen molar-refractivity contribution in [2.45, 2.75) is 5.51 Å². The summed E-state index contributed by atoms with van der Waals surface area (Å²) in [5.41, 5.74) is -5.84. The molecule has 0 radical (unpaired) electrons. The third kappa shape index (κ3) is 6.02. The Morgan fingerprint density at radius 1 is 1.00 bits per heavy atom. The average molecular weight is 366 g/mol. The Kier molecular flexibility index (Phi) is 7.49. The summed E-state index contributed by atoms with van der Waals surface area (Å²) in [6.45, 7) is -1.88. The van der Waals surface area contributed by atoms with Crippen molar-refractivity contribution in [3.8, 4) is 0 Å². The lowest BCUT2D eigenvalue weighted by molar-refractivity contribution is -0.0496. The summed E-state index contributed by atoms with van der Waals surface area (Å²) >= 11 is 0. The number of rotatable bonds is 8. The van der Waals surface area contributed by atoms with Crippen LogP contribution in [0.4, 0.5) is 26.3 Å². The van der Waals surface area contributed by atoms with Crippen molar-refractivity contribution in [3.05, 3.63) is 11.9 Å². The van der Waals surface area contributed by atoms with Crippen LogP contribution in [0.15, 0.2) is 11.9 Å². The van der Waals surface area contributed by atoms with Gasteiger partial charge in [0.15, 0.2) is 5.83 Å². The van der Waals surface area contributed by atoms with Crippen molar-refractivity contribution in [1.29, 1.82) is 0 Å². The molecule has 0 amide bonds. The fourth-order valence-electron chi connectivity index (χ4n) is 1.19. The first-order valence-corrected chi connectivity index (χ1v) is 8.58. The molecule has 0 atom stereocenters. The van der Waals surface area contributed by atoms with E-state index in [0.717, 1.165) is 0 Å². The van der Waals surface area contributed by atoms with Crippen LogP contribution in [0.3, 0.4) is 0 Å². The maximum atomic E-state index is 13.0. The Bertz CT molecular complexity index is 464. The summed E-state index contributed by atoms with van der Waals surface area (Å²) in [6.07, 6.45) is -2.85. The fraction of sp³-hybridized carbons (Fsp3) is 0.750. The standard InChI is InChI=1S/C8H12F6O5S2/c9-6(7(10)11)5-20(3-1-15,4-2-16)19-21(17,18)8(12,13)14/h15-16H,1-5H2. The first-order chi connectivity index (χ1) is 9.41. The highest BCUT2D eigenvalue weighted by Gasteiger charge is 2.51. The van der Waals surface area contributed by atoms with E-state index in [2.05, 4.69) is 3.63 Å². The predicted molar refractivity (Wildman–Crippen MR) is 62.8 cm³/mol. The first kappa shape index (κ1) is 20.5. The molecule has 0 saturated heterocycles. The van der Waals surface area contributed by atoms with Crippen molar-refractivity contribution in [3.63, 3.8) is 0 Å². The van der Waals surface area contributed by atoms with Gasteiger partial charge in [-0.15, -0.1) is 10.3 Å². The summed E-state index contributed by atoms with van der Waals surface area (Å²) in [6, 6.07) is 0. The van der Waals surface area contributed by atoms with Gasteiger partial charge in [-0.1, -0.05) is 0 Å². The second kappa shape index (κ2) is 7.67. The molecule has 0 spiro atoms. The van der Waals surface area contributed by atoms with Crippen LogP contribution in [-0.2, 0) is 13.7 Å². The second-order valence-corrected chi connectivity index (χ2v) is 8.55. The molecule has 13 heteroatoms. The molecular weight excluding hydrogens is 354 g/mol. The Labute approximate surface area is 117 Å². The topological polar surface area (TPSA) is 83.8 Å². The van der Waals surface area contributed by atoms with Crippen LogP contribution >= 0.6 is 10.3 Å². The molecule has 5 nitrogen and oxygen atoms in total. The summed E-state index contributed by atoms with van der Waals surface area (Å²) in [5.74, 6) is -5.29. The van der Waals surface area contributed by atoms with E-state index < -0.39 is 68.3 Å². The molecule has 21 heavy (non-hydrogen) atoms. The van der Waals surface area contributed by atoms with E-state index in [9.17, 15) is 34.8 Å². The van der Waals surface area contributed by atoms with Crippen LogP contribution in [0, 0.1) is 0 Å². The number of alkyl halides is 3. The van der Waals surface area contributed by atoms with Crippen molar-refractivity contribution in [2.75, 3.05) is 30.5 Å². The Morgan fingerprint density at radius 2 is 1.43 bits per heavy atom. The predicted octanol–water partition coefficient (Wildman–Crippen LogP) is 1.63. The summed E-state index contributed by atoms with van der Waals surface area (Å²) in [4.78, 5) is 0. The van der Waals surface area contributed by atoms with E-state index in [1.54, 1.807) is 0 Å². The molecule has 0 saturated carbocycles. The van der Waals surface area contributed by atoms with E-state index in [-0.39, 0.29) is 0 Å². The third-order valence-corrected chi connectivity index (χ3v) is 7.11. The highest BCUT2D eigenvalue weighted by atomic mass is 32.3. The van der Waals surface area contributed by atoms with Crippen LogP contribution in [0.1, 0.15) is 0 Å². The molecule has 0 fully saturated rings. The van der Waals surface area contributed by atoms with Gasteiger partial charge in [0.1, 0.15) is 0 Å². The monoisotopic (exact) mass is 366 g/mol. The zero-order chi connectivity index (χ0) is 16.9. The Morgan fingerprint density at radius 3 is 1.71 bits per heavy atom. The van der Waals surface area contributed by atoms with Crippen LogP contribution in [-0.4, -0.2) is 54.6 Å². The fourth-order valence-corrected chi connectivity index (χ4v) is 5.48. The molecular formula is C8H12F6O5S2. The summed E-state index contributed by atoms with van der Waals surface area (Å²) in [7, 11) is -9.89. The molecule has 0 heterocycles. The zero-order valence-corrected chi connectivity index (χ0v) is 11.9. The van der Waals surface area contributed by atoms with Crippen LogP contribution in [0.2, 0.25) is 0 Å². The highest BCUT2D eigenvalue weighted by Crippen LogP contribution is 2.53. The van der Waals surface area contributed by atoms with Gasteiger partial charge in [0.2, 0.25) is 0 Å². The van der Waals surface area contributed by atoms with Gasteiger partial charge < -0.3 is 10.2 Å². The van der Waals surface area contributed by atoms with Gasteiger partial charge in [-0.3, -0.25) is 0 Å². The Balaban J connectivity index is 5.65. The number of halogens is 6. The first-order valence-electron chi connectivity index (χ1n) is 5.11. The molecule has 0 aromatic rings. The van der Waals surface area contributed by atoms with Gasteiger partial charge in [0.25, 0.3) is 0 Å². The Hall–Kier alpha value is -0.500. The number of aliphatic hydroxyl groups excluding tert-OH is 2. The van der Waals surface area contributed by atoms with E-state index in [1.165, 1.54) is 0 Å². The molecule has 0 aromatic carbocycles. The molecule has 2 N–H and O–H groups in total. The van der Waals surface area contributed by atoms with Gasteiger partial charge in [-0.25, -0.2) is 8.02 Å². The average Bonchev–Trinajstić information content (AvgIpc) is 2.26. The largest absolute Gasteiger partial charge is 0.523 e. The van der Waals surface area contributed by atoms with Gasteiger partial charge in [0.05, 0.1) is 19.0 Å². The lowest BCUT2D eigenvalue weighted by Crippen LogP contribution is -2.31. The van der Waals surface area contributed by atoms with Crippen molar-refractivity contribution in [1.82, 2.24) is 0 Å². The lowest BCUT2D eigenvalue weighted by Gasteiger charge is -2.36. The molecule has 0 aliphatic heterocycles. The quantitative estimate of drug-likeness (QED) is 0.504. The summed E-state index contributed by atoms with van der Waals surface area (Å²) < 4.78 is 99.7. The molecule has 0 unspecified atom stereocenters. The summed E-state index contributed by atoms with van der Waals surface area (Å²) in [5, 5.41) is 17.5. The second-order valence-electron chi connectivity index (χ2n) is 3.60. The van der Waals surface area contributed by atoms with Gasteiger partial charge in [0, 0.05) is 11.5 Å². The molecule has 0 aliphatic rings. The van der Waals surface area contributed by atoms with Gasteiger partial charge >= 0.3 is 21.7 Å². The molecule has 0 aliphatic carbocycles. The zero-order valence-electron chi connectivity index (χ0n) is 10.2. The van der Waals surface area contributed by atoms with Crippen LogP contribution in [0.25, 0.3) is 0 Å². The van der Waals surface area contributed by atoms with E-state index in [0.29, 0.717) is 0 Å². The van der Waals surface area contributed by atoms with Crippen molar-refractivity contribution >= 4 is 20.4 Å². The number of hydrogen-bond acceptors (Lipinski definition) is 5. The molecule has 0 bridgehead atoms. The number of hydrogen-bond donors (Lipinski definition) is 2. The molecule has 128 valence electrons. The smallest absolute Gasteiger partial charge is 0.395 e. The van der Waals surface area contributed by atoms with E-state index in [4.69, 9.17) is 10.2 Å². The highest BCUT2D eigenvalue weighted by molar-refractivity contribution is 8.33. The minimum absolute atomic E-state index is 0.830. The normalized spacial score (nSPS) is 14.1. The number of aliphatic hydroxyl groups is 2. The van der Waals surface area contributed by atoms with Crippen molar-refractivity contribution in [2.24, 2.45) is 0 Å². The van der Waals surface area contributed by atoms with Gasteiger partial charge in [-0.2, -0.15) is 30.4 Å². The van der Waals surface area contributed by atoms with Crippen LogP contribution < -0.4 is 0 Å². The van der Waals surface area contributed by atoms with E-state index >= 15 is 0 Å². The van der Waals surface area contributed by atoms with Crippen molar-refractivity contribution < 1.29 is 48.6 Å². The van der Waals surface area contributed by atoms with Crippen LogP contribution in [0.5, 0.6) is 0 Å². The maximum absolute atomic E-state index is 13.0. The third-order valence-electron chi connectivity index (χ3n) is 2.04. The SMILES string of the molecule is O=S(=O)(OS(CCO)(CCO)CC(F)=C(F)F)C(F)(F)F. The van der Waals surface area contributed by atoms with E-state index in [1.807, 2.05) is 0 Å². The molecule has 0 rings (SSSR count). The minimum Gasteiger partial charge on any atom is -0.395 e. The maximum Gasteiger partial charge on any atom is 0.523 e.